The molecule has 0 aromatic carbocycles. The molecule has 0 saturated heterocycles. The van der Waals surface area contributed by atoms with Crippen molar-refractivity contribution in [3.05, 3.63) is 0 Å². The van der Waals surface area contributed by atoms with Crippen LogP contribution in [-0.4, -0.2) is 26.6 Å². The Hall–Kier alpha value is -0.0900. The van der Waals surface area contributed by atoms with Crippen molar-refractivity contribution in [2.24, 2.45) is 23.7 Å². The lowest BCUT2D eigenvalue weighted by molar-refractivity contribution is -0.145. The van der Waals surface area contributed by atoms with Gasteiger partial charge >= 0.3 is 5.97 Å². The molecular weight excluding hydrogens is 260 g/mol. The first kappa shape index (κ1) is 11.4. The number of rotatable bonds is 2. The predicted octanol–water partition coefficient (Wildman–Crippen LogP) is 1.88. The first-order chi connectivity index (χ1) is 6.88. The molecule has 3 nitrogen and oxygen atoms in total. The van der Waals surface area contributed by atoms with Gasteiger partial charge in [0.25, 0.3) is 0 Å². The Morgan fingerprint density at radius 1 is 1.53 bits per heavy atom. The second kappa shape index (κ2) is 3.45. The number of hydrogen-bond acceptors (Lipinski definition) is 2. The molecule has 2 aliphatic rings. The van der Waals surface area contributed by atoms with Crippen LogP contribution in [0.2, 0.25) is 0 Å². The first-order valence-electron chi connectivity index (χ1n) is 5.47. The molecule has 2 bridgehead atoms. The van der Waals surface area contributed by atoms with E-state index in [1.54, 1.807) is 0 Å². The maximum Gasteiger partial charge on any atom is 0.307 e. The molecule has 2 fully saturated rings. The van der Waals surface area contributed by atoms with Gasteiger partial charge in [-0.3, -0.25) is 4.79 Å². The maximum absolute atomic E-state index is 11.2. The zero-order valence-corrected chi connectivity index (χ0v) is 10.6. The number of aliphatic hydroxyl groups is 1. The maximum atomic E-state index is 11.2. The highest BCUT2D eigenvalue weighted by Gasteiger charge is 2.63. The zero-order chi connectivity index (χ0) is 11.4. The Labute approximate surface area is 98.0 Å². The van der Waals surface area contributed by atoms with Crippen LogP contribution in [0, 0.1) is 23.7 Å². The minimum atomic E-state index is -0.766. The lowest BCUT2D eigenvalue weighted by Crippen LogP contribution is -2.43. The number of carboxylic acids is 1. The fourth-order valence-electron chi connectivity index (χ4n) is 3.41. The van der Waals surface area contributed by atoms with E-state index >= 15 is 0 Å². The number of carboxylic acid groups (broad SMARTS) is 1. The molecular formula is C11H17BrO3. The van der Waals surface area contributed by atoms with Crippen LogP contribution in [0.25, 0.3) is 0 Å². The third kappa shape index (κ3) is 1.45. The summed E-state index contributed by atoms with van der Waals surface area (Å²) >= 11 is 3.53. The summed E-state index contributed by atoms with van der Waals surface area (Å²) in [4.78, 5) is 11.5. The molecule has 0 spiro atoms. The van der Waals surface area contributed by atoms with Crippen LogP contribution >= 0.6 is 15.9 Å². The lowest BCUT2D eigenvalue weighted by Gasteiger charge is -2.37. The van der Waals surface area contributed by atoms with Gasteiger partial charge in [-0.25, -0.2) is 0 Å². The van der Waals surface area contributed by atoms with E-state index in [1.807, 2.05) is 13.8 Å². The van der Waals surface area contributed by atoms with E-state index in [1.165, 1.54) is 0 Å². The molecule has 0 radical (unpaired) electrons. The van der Waals surface area contributed by atoms with Gasteiger partial charge in [0.15, 0.2) is 0 Å². The van der Waals surface area contributed by atoms with Crippen molar-refractivity contribution < 1.29 is 15.0 Å². The Bertz CT molecular complexity index is 292. The third-order valence-corrected chi connectivity index (χ3v) is 5.38. The van der Waals surface area contributed by atoms with E-state index in [-0.39, 0.29) is 28.5 Å². The molecule has 2 saturated carbocycles. The summed E-state index contributed by atoms with van der Waals surface area (Å²) in [7, 11) is 0. The molecule has 0 amide bonds. The molecule has 86 valence electrons. The molecule has 5 atom stereocenters. The van der Waals surface area contributed by atoms with Gasteiger partial charge in [-0.05, 0) is 24.7 Å². The quantitative estimate of drug-likeness (QED) is 0.758. The van der Waals surface area contributed by atoms with Crippen LogP contribution in [0.3, 0.4) is 0 Å². The number of halogens is 1. The van der Waals surface area contributed by atoms with Gasteiger partial charge in [-0.2, -0.15) is 0 Å². The van der Waals surface area contributed by atoms with Crippen LogP contribution < -0.4 is 0 Å². The van der Waals surface area contributed by atoms with Crippen molar-refractivity contribution in [3.8, 4) is 0 Å². The van der Waals surface area contributed by atoms with Crippen molar-refractivity contribution >= 4 is 21.9 Å². The highest BCUT2D eigenvalue weighted by molar-refractivity contribution is 9.09. The van der Waals surface area contributed by atoms with E-state index in [0.717, 1.165) is 6.42 Å². The molecule has 0 aromatic heterocycles. The Morgan fingerprint density at radius 2 is 2.13 bits per heavy atom. The highest BCUT2D eigenvalue weighted by Crippen LogP contribution is 2.59. The lowest BCUT2D eigenvalue weighted by atomic mass is 9.76. The van der Waals surface area contributed by atoms with E-state index in [0.29, 0.717) is 6.42 Å². The van der Waals surface area contributed by atoms with E-state index in [4.69, 9.17) is 0 Å². The summed E-state index contributed by atoms with van der Waals surface area (Å²) < 4.78 is 0. The second-order valence-corrected chi connectivity index (χ2v) is 6.41. The number of alkyl halides is 1. The standard InChI is InChI=1S/C11H17BrO3/c1-5(2)11(15)4-6-8(12)3-7(11)9(6)10(13)14/h5-9,15H,3-4H2,1-2H3,(H,13,14). The summed E-state index contributed by atoms with van der Waals surface area (Å²) in [6.07, 6.45) is 1.42. The summed E-state index contributed by atoms with van der Waals surface area (Å²) in [6, 6.07) is 0. The highest BCUT2D eigenvalue weighted by atomic mass is 79.9. The van der Waals surface area contributed by atoms with Crippen LogP contribution in [-0.2, 0) is 4.79 Å². The summed E-state index contributed by atoms with van der Waals surface area (Å²) in [5, 5.41) is 19.7. The Kier molecular flexibility index (Phi) is 2.62. The largest absolute Gasteiger partial charge is 0.481 e. The Balaban J connectivity index is 2.30. The molecule has 0 aliphatic heterocycles. The van der Waals surface area contributed by atoms with Gasteiger partial charge in [0.1, 0.15) is 0 Å². The van der Waals surface area contributed by atoms with Gasteiger partial charge in [-0.1, -0.05) is 29.8 Å². The van der Waals surface area contributed by atoms with Crippen LogP contribution in [0.4, 0.5) is 0 Å². The summed E-state index contributed by atoms with van der Waals surface area (Å²) in [5.41, 5.74) is -0.766. The van der Waals surface area contributed by atoms with Crippen LogP contribution in [0.1, 0.15) is 26.7 Å². The fourth-order valence-corrected chi connectivity index (χ4v) is 4.32. The SMILES string of the molecule is CC(C)C1(O)CC2C(Br)CC1C2C(=O)O. The summed E-state index contributed by atoms with van der Waals surface area (Å²) in [5.74, 6) is -0.955. The topological polar surface area (TPSA) is 57.5 Å². The number of fused-ring (bicyclic) bond motifs is 2. The molecule has 2 N–H and O–H groups in total. The smallest absolute Gasteiger partial charge is 0.307 e. The molecule has 2 rings (SSSR count). The minimum absolute atomic E-state index is 0.0793. The van der Waals surface area contributed by atoms with Gasteiger partial charge in [0.05, 0.1) is 11.5 Å². The second-order valence-electron chi connectivity index (χ2n) is 5.24. The van der Waals surface area contributed by atoms with Gasteiger partial charge < -0.3 is 10.2 Å². The van der Waals surface area contributed by atoms with Crippen molar-refractivity contribution in [2.45, 2.75) is 37.1 Å². The van der Waals surface area contributed by atoms with Crippen molar-refractivity contribution in [2.75, 3.05) is 0 Å². The molecule has 5 unspecified atom stereocenters. The normalized spacial score (nSPS) is 48.9. The minimum Gasteiger partial charge on any atom is -0.481 e. The predicted molar refractivity (Wildman–Crippen MR) is 59.8 cm³/mol. The number of hydrogen-bond donors (Lipinski definition) is 2. The van der Waals surface area contributed by atoms with Gasteiger partial charge in [0.2, 0.25) is 0 Å². The van der Waals surface area contributed by atoms with Crippen molar-refractivity contribution in [1.29, 1.82) is 0 Å². The monoisotopic (exact) mass is 276 g/mol. The fraction of sp³-hybridized carbons (Fsp3) is 0.909. The molecule has 4 heteroatoms. The van der Waals surface area contributed by atoms with E-state index in [2.05, 4.69) is 15.9 Å². The average Bonchev–Trinajstić information content (AvgIpc) is 2.56. The third-order valence-electron chi connectivity index (χ3n) is 4.33. The molecule has 2 aliphatic carbocycles. The van der Waals surface area contributed by atoms with Gasteiger partial charge in [-0.15, -0.1) is 0 Å². The zero-order valence-electron chi connectivity index (χ0n) is 8.98. The van der Waals surface area contributed by atoms with E-state index < -0.39 is 11.6 Å². The van der Waals surface area contributed by atoms with Gasteiger partial charge in [0, 0.05) is 10.7 Å². The number of aliphatic carboxylic acids is 1. The Morgan fingerprint density at radius 3 is 2.53 bits per heavy atom. The van der Waals surface area contributed by atoms with Crippen LogP contribution in [0.5, 0.6) is 0 Å². The first-order valence-corrected chi connectivity index (χ1v) is 6.38. The average molecular weight is 277 g/mol. The number of carbonyl (C=O) groups is 1. The van der Waals surface area contributed by atoms with Crippen molar-refractivity contribution in [1.82, 2.24) is 0 Å². The van der Waals surface area contributed by atoms with E-state index in [9.17, 15) is 15.0 Å². The molecule has 0 heterocycles. The van der Waals surface area contributed by atoms with Crippen molar-refractivity contribution in [3.63, 3.8) is 0 Å². The molecule has 15 heavy (non-hydrogen) atoms. The van der Waals surface area contributed by atoms with Crippen LogP contribution in [0.15, 0.2) is 0 Å². The summed E-state index contributed by atoms with van der Waals surface area (Å²) in [6.45, 7) is 3.95. The molecule has 0 aromatic rings.